The summed E-state index contributed by atoms with van der Waals surface area (Å²) in [6.45, 7) is 1.87. The lowest BCUT2D eigenvalue weighted by Crippen LogP contribution is -1.98. The van der Waals surface area contributed by atoms with Crippen molar-refractivity contribution in [2.24, 2.45) is 0 Å². The van der Waals surface area contributed by atoms with E-state index in [0.717, 1.165) is 11.4 Å². The SMILES string of the molecule is COc1cc(Nc2nc(C)ccc2C#N)ccc1Cl. The van der Waals surface area contributed by atoms with E-state index in [1.807, 2.05) is 6.92 Å². The van der Waals surface area contributed by atoms with Crippen molar-refractivity contribution in [3.63, 3.8) is 0 Å². The van der Waals surface area contributed by atoms with Gasteiger partial charge in [0.15, 0.2) is 0 Å². The highest BCUT2D eigenvalue weighted by Gasteiger charge is 2.07. The first-order valence-electron chi connectivity index (χ1n) is 5.62. The Labute approximate surface area is 116 Å². The molecule has 0 aliphatic heterocycles. The standard InChI is InChI=1S/C14H12ClN3O/c1-9-3-4-10(8-16)14(17-9)18-11-5-6-12(15)13(7-11)19-2/h3-7H,1-2H3,(H,17,18). The summed E-state index contributed by atoms with van der Waals surface area (Å²) in [5.74, 6) is 1.09. The topological polar surface area (TPSA) is 57.9 Å². The molecule has 19 heavy (non-hydrogen) atoms. The van der Waals surface area contributed by atoms with Crippen molar-refractivity contribution in [3.05, 3.63) is 46.6 Å². The van der Waals surface area contributed by atoms with Crippen LogP contribution in [0, 0.1) is 18.3 Å². The van der Waals surface area contributed by atoms with Gasteiger partial charge < -0.3 is 10.1 Å². The van der Waals surface area contributed by atoms with Gasteiger partial charge >= 0.3 is 0 Å². The smallest absolute Gasteiger partial charge is 0.148 e. The monoisotopic (exact) mass is 273 g/mol. The Bertz CT molecular complexity index is 650. The van der Waals surface area contributed by atoms with E-state index in [2.05, 4.69) is 16.4 Å². The number of nitrogens with zero attached hydrogens (tertiary/aromatic N) is 2. The van der Waals surface area contributed by atoms with Gasteiger partial charge in [-0.15, -0.1) is 0 Å². The van der Waals surface area contributed by atoms with Crippen LogP contribution in [0.25, 0.3) is 0 Å². The van der Waals surface area contributed by atoms with Crippen molar-refractivity contribution in [2.75, 3.05) is 12.4 Å². The fraction of sp³-hybridized carbons (Fsp3) is 0.143. The van der Waals surface area contributed by atoms with Gasteiger partial charge in [0, 0.05) is 17.4 Å². The van der Waals surface area contributed by atoms with Gasteiger partial charge in [-0.25, -0.2) is 4.98 Å². The third-order valence-corrected chi connectivity index (χ3v) is 2.88. The number of benzene rings is 1. The minimum absolute atomic E-state index is 0.486. The van der Waals surface area contributed by atoms with Crippen molar-refractivity contribution in [3.8, 4) is 11.8 Å². The molecule has 2 aromatic rings. The van der Waals surface area contributed by atoms with E-state index in [1.165, 1.54) is 0 Å². The van der Waals surface area contributed by atoms with Crippen LogP contribution in [0.1, 0.15) is 11.3 Å². The lowest BCUT2D eigenvalue weighted by Gasteiger charge is -2.10. The highest BCUT2D eigenvalue weighted by molar-refractivity contribution is 6.32. The number of methoxy groups -OCH3 is 1. The molecule has 0 aliphatic carbocycles. The molecule has 0 atom stereocenters. The number of anilines is 2. The number of rotatable bonds is 3. The number of ether oxygens (including phenoxy) is 1. The highest BCUT2D eigenvalue weighted by Crippen LogP contribution is 2.29. The molecular formula is C14H12ClN3O. The van der Waals surface area contributed by atoms with Gasteiger partial charge in [0.1, 0.15) is 17.6 Å². The number of nitriles is 1. The molecule has 0 bridgehead atoms. The summed E-state index contributed by atoms with van der Waals surface area (Å²) in [5, 5.41) is 12.7. The summed E-state index contributed by atoms with van der Waals surface area (Å²) in [6.07, 6.45) is 0. The summed E-state index contributed by atoms with van der Waals surface area (Å²) in [5.41, 5.74) is 2.08. The van der Waals surface area contributed by atoms with E-state index >= 15 is 0 Å². The second-order valence-corrected chi connectivity index (χ2v) is 4.34. The normalized spacial score (nSPS) is 9.79. The van der Waals surface area contributed by atoms with Gasteiger partial charge in [0.25, 0.3) is 0 Å². The van der Waals surface area contributed by atoms with Crippen LogP contribution in [0.5, 0.6) is 5.75 Å². The molecule has 1 N–H and O–H groups in total. The maximum Gasteiger partial charge on any atom is 0.148 e. The first-order valence-corrected chi connectivity index (χ1v) is 6.00. The van der Waals surface area contributed by atoms with Crippen LogP contribution < -0.4 is 10.1 Å². The number of aromatic nitrogens is 1. The molecule has 96 valence electrons. The van der Waals surface area contributed by atoms with Crippen molar-refractivity contribution < 1.29 is 4.74 Å². The number of hydrogen-bond acceptors (Lipinski definition) is 4. The van der Waals surface area contributed by atoms with Crippen molar-refractivity contribution in [1.29, 1.82) is 5.26 Å². The van der Waals surface area contributed by atoms with Crippen LogP contribution in [0.4, 0.5) is 11.5 Å². The molecule has 5 heteroatoms. The van der Waals surface area contributed by atoms with E-state index in [-0.39, 0.29) is 0 Å². The second kappa shape index (κ2) is 5.59. The summed E-state index contributed by atoms with van der Waals surface area (Å²) >= 11 is 5.96. The third-order valence-electron chi connectivity index (χ3n) is 2.57. The maximum absolute atomic E-state index is 9.06. The van der Waals surface area contributed by atoms with E-state index in [1.54, 1.807) is 37.4 Å². The summed E-state index contributed by atoms with van der Waals surface area (Å²) < 4.78 is 5.15. The first-order chi connectivity index (χ1) is 9.13. The average Bonchev–Trinajstić information content (AvgIpc) is 2.41. The van der Waals surface area contributed by atoms with Gasteiger partial charge in [0.05, 0.1) is 17.7 Å². The molecule has 0 saturated heterocycles. The zero-order valence-electron chi connectivity index (χ0n) is 10.6. The van der Waals surface area contributed by atoms with Gasteiger partial charge in [0.2, 0.25) is 0 Å². The molecule has 0 unspecified atom stereocenters. The molecular weight excluding hydrogens is 262 g/mol. The average molecular weight is 274 g/mol. The van der Waals surface area contributed by atoms with E-state index < -0.39 is 0 Å². The molecule has 1 aromatic carbocycles. The Morgan fingerprint density at radius 3 is 2.79 bits per heavy atom. The van der Waals surface area contributed by atoms with Crippen molar-refractivity contribution in [1.82, 2.24) is 4.98 Å². The summed E-state index contributed by atoms with van der Waals surface area (Å²) in [4.78, 5) is 4.31. The third kappa shape index (κ3) is 2.95. The van der Waals surface area contributed by atoms with Crippen LogP contribution in [0.2, 0.25) is 5.02 Å². The predicted octanol–water partition coefficient (Wildman–Crippen LogP) is 3.67. The lowest BCUT2D eigenvalue weighted by atomic mass is 10.2. The molecule has 0 fully saturated rings. The van der Waals surface area contributed by atoms with Gasteiger partial charge in [-0.1, -0.05) is 11.6 Å². The van der Waals surface area contributed by atoms with Gasteiger partial charge in [-0.05, 0) is 31.2 Å². The Morgan fingerprint density at radius 2 is 2.11 bits per heavy atom. The van der Waals surface area contributed by atoms with Crippen molar-refractivity contribution >= 4 is 23.1 Å². The van der Waals surface area contributed by atoms with Gasteiger partial charge in [-0.2, -0.15) is 5.26 Å². The lowest BCUT2D eigenvalue weighted by molar-refractivity contribution is 0.415. The predicted molar refractivity (Wildman–Crippen MR) is 75.0 cm³/mol. The largest absolute Gasteiger partial charge is 0.495 e. The minimum Gasteiger partial charge on any atom is -0.495 e. The number of nitrogens with one attached hydrogen (secondary N) is 1. The zero-order valence-corrected chi connectivity index (χ0v) is 11.3. The maximum atomic E-state index is 9.06. The Kier molecular flexibility index (Phi) is 3.88. The summed E-state index contributed by atoms with van der Waals surface area (Å²) in [6, 6.07) is 10.9. The van der Waals surface area contributed by atoms with Crippen LogP contribution in [-0.2, 0) is 0 Å². The molecule has 4 nitrogen and oxygen atoms in total. The Hall–Kier alpha value is -2.25. The summed E-state index contributed by atoms with van der Waals surface area (Å²) in [7, 11) is 1.55. The molecule has 2 rings (SSSR count). The fourth-order valence-electron chi connectivity index (χ4n) is 1.62. The van der Waals surface area contributed by atoms with E-state index in [4.69, 9.17) is 21.6 Å². The van der Waals surface area contributed by atoms with Crippen LogP contribution in [0.15, 0.2) is 30.3 Å². The van der Waals surface area contributed by atoms with E-state index in [0.29, 0.717) is 22.2 Å². The molecule has 0 aliphatic rings. The Morgan fingerprint density at radius 1 is 1.32 bits per heavy atom. The minimum atomic E-state index is 0.486. The number of aryl methyl sites for hydroxylation is 1. The Balaban J connectivity index is 2.36. The van der Waals surface area contributed by atoms with Crippen LogP contribution in [0.3, 0.4) is 0 Å². The number of halogens is 1. The van der Waals surface area contributed by atoms with Crippen LogP contribution >= 0.6 is 11.6 Å². The van der Waals surface area contributed by atoms with Gasteiger partial charge in [-0.3, -0.25) is 0 Å². The first kappa shape index (κ1) is 13.2. The van der Waals surface area contributed by atoms with Crippen molar-refractivity contribution in [2.45, 2.75) is 6.92 Å². The quantitative estimate of drug-likeness (QED) is 0.927. The fourth-order valence-corrected chi connectivity index (χ4v) is 1.81. The molecule has 1 heterocycles. The van der Waals surface area contributed by atoms with E-state index in [9.17, 15) is 0 Å². The molecule has 0 amide bonds. The molecule has 0 radical (unpaired) electrons. The molecule has 1 aromatic heterocycles. The number of hydrogen-bond donors (Lipinski definition) is 1. The zero-order chi connectivity index (χ0) is 13.8. The number of pyridine rings is 1. The second-order valence-electron chi connectivity index (χ2n) is 3.93. The highest BCUT2D eigenvalue weighted by atomic mass is 35.5. The van der Waals surface area contributed by atoms with Crippen LogP contribution in [-0.4, -0.2) is 12.1 Å². The molecule has 0 spiro atoms. The molecule has 0 saturated carbocycles.